The summed E-state index contributed by atoms with van der Waals surface area (Å²) in [5.41, 5.74) is 2.50. The Hall–Kier alpha value is -2.14. The van der Waals surface area contributed by atoms with E-state index in [9.17, 15) is 4.79 Å². The van der Waals surface area contributed by atoms with Crippen molar-refractivity contribution in [1.29, 1.82) is 0 Å². The lowest BCUT2D eigenvalue weighted by atomic mass is 10.1. The van der Waals surface area contributed by atoms with Crippen LogP contribution in [0.25, 0.3) is 0 Å². The van der Waals surface area contributed by atoms with Gasteiger partial charge in [0.1, 0.15) is 0 Å². The van der Waals surface area contributed by atoms with Gasteiger partial charge in [0, 0.05) is 12.2 Å². The molecule has 0 saturated carbocycles. The summed E-state index contributed by atoms with van der Waals surface area (Å²) in [5.74, 6) is -0.0905. The van der Waals surface area contributed by atoms with Crippen LogP contribution in [-0.4, -0.2) is 40.6 Å². The molecule has 5 heteroatoms. The number of nitrogens with zero attached hydrogens (tertiary/aromatic N) is 2. The number of likely N-dealkylation sites (N-methyl/N-ethyl adjacent to an activating group) is 1. The Bertz CT molecular complexity index is 590. The summed E-state index contributed by atoms with van der Waals surface area (Å²) in [4.78, 5) is 14.8. The molecule has 2 aromatic rings. The summed E-state index contributed by atoms with van der Waals surface area (Å²) in [5, 5.41) is 9.86. The van der Waals surface area contributed by atoms with E-state index in [1.165, 1.54) is 0 Å². The monoisotopic (exact) mass is 300 g/mol. The highest BCUT2D eigenvalue weighted by atomic mass is 16.1. The molecule has 22 heavy (non-hydrogen) atoms. The van der Waals surface area contributed by atoms with Crippen LogP contribution in [0.15, 0.2) is 36.5 Å². The number of aromatic nitrogens is 2. The Morgan fingerprint density at radius 3 is 2.50 bits per heavy atom. The lowest BCUT2D eigenvalue weighted by molar-refractivity contribution is 0.0925. The molecule has 2 rings (SSSR count). The highest BCUT2D eigenvalue weighted by Crippen LogP contribution is 2.16. The lowest BCUT2D eigenvalue weighted by Crippen LogP contribution is -2.38. The normalized spacial score (nSPS) is 12.4. The van der Waals surface area contributed by atoms with Gasteiger partial charge in [0.15, 0.2) is 0 Å². The summed E-state index contributed by atoms with van der Waals surface area (Å²) < 4.78 is 0. The molecule has 1 unspecified atom stereocenters. The van der Waals surface area contributed by atoms with Gasteiger partial charge in [-0.05, 0) is 25.6 Å². The molecule has 118 valence electrons. The number of carbonyl (C=O) groups excluding carboxylic acids is 1. The molecule has 1 atom stereocenters. The summed E-state index contributed by atoms with van der Waals surface area (Å²) in [6.45, 7) is 8.82. The highest BCUT2D eigenvalue weighted by molar-refractivity contribution is 5.95. The van der Waals surface area contributed by atoms with Crippen molar-refractivity contribution >= 4 is 5.91 Å². The average Bonchev–Trinajstić information content (AvgIpc) is 2.98. The van der Waals surface area contributed by atoms with Crippen LogP contribution >= 0.6 is 0 Å². The first-order valence-corrected chi connectivity index (χ1v) is 7.73. The topological polar surface area (TPSA) is 61.0 Å². The fraction of sp³-hybridized carbons (Fsp3) is 0.412. The van der Waals surface area contributed by atoms with Crippen LogP contribution in [0.2, 0.25) is 0 Å². The van der Waals surface area contributed by atoms with Crippen molar-refractivity contribution in [1.82, 2.24) is 20.4 Å². The predicted molar refractivity (Wildman–Crippen MR) is 87.8 cm³/mol. The molecular weight excluding hydrogens is 276 g/mol. The first kappa shape index (κ1) is 16.2. The number of rotatable bonds is 7. The molecule has 0 spiro atoms. The van der Waals surface area contributed by atoms with Crippen molar-refractivity contribution in [3.8, 4) is 0 Å². The van der Waals surface area contributed by atoms with Crippen LogP contribution in [0.1, 0.15) is 41.5 Å². The van der Waals surface area contributed by atoms with E-state index in [1.807, 2.05) is 25.1 Å². The maximum Gasteiger partial charge on any atom is 0.255 e. The minimum absolute atomic E-state index is 0.0390. The van der Waals surface area contributed by atoms with Crippen LogP contribution in [0.3, 0.4) is 0 Å². The SMILES string of the molecule is CCN(CC)CC(NC(=O)c1cn[nH]c1C)c1ccccc1. The molecule has 0 aliphatic carbocycles. The molecule has 5 nitrogen and oxygen atoms in total. The minimum Gasteiger partial charge on any atom is -0.344 e. The minimum atomic E-state index is -0.0905. The van der Waals surface area contributed by atoms with Gasteiger partial charge in [0.05, 0.1) is 17.8 Å². The third-order valence-corrected chi connectivity index (χ3v) is 3.92. The van der Waals surface area contributed by atoms with Gasteiger partial charge in [-0.25, -0.2) is 0 Å². The summed E-state index contributed by atoms with van der Waals surface area (Å²) in [6, 6.07) is 10.1. The number of aromatic amines is 1. The van der Waals surface area contributed by atoms with Gasteiger partial charge in [-0.2, -0.15) is 5.10 Å². The van der Waals surface area contributed by atoms with Gasteiger partial charge >= 0.3 is 0 Å². The van der Waals surface area contributed by atoms with Crippen molar-refractivity contribution in [3.05, 3.63) is 53.3 Å². The van der Waals surface area contributed by atoms with E-state index < -0.39 is 0 Å². The second-order valence-electron chi connectivity index (χ2n) is 5.33. The lowest BCUT2D eigenvalue weighted by Gasteiger charge is -2.26. The highest BCUT2D eigenvalue weighted by Gasteiger charge is 2.19. The number of nitrogens with one attached hydrogen (secondary N) is 2. The van der Waals surface area contributed by atoms with Crippen molar-refractivity contribution in [2.75, 3.05) is 19.6 Å². The second-order valence-corrected chi connectivity index (χ2v) is 5.33. The van der Waals surface area contributed by atoms with Crippen LogP contribution in [0.4, 0.5) is 0 Å². The molecule has 0 saturated heterocycles. The zero-order valence-corrected chi connectivity index (χ0v) is 13.5. The first-order valence-electron chi connectivity index (χ1n) is 7.73. The van der Waals surface area contributed by atoms with E-state index in [2.05, 4.69) is 46.4 Å². The van der Waals surface area contributed by atoms with E-state index >= 15 is 0 Å². The quantitative estimate of drug-likeness (QED) is 0.826. The third kappa shape index (κ3) is 3.95. The zero-order valence-electron chi connectivity index (χ0n) is 13.5. The molecule has 0 fully saturated rings. The van der Waals surface area contributed by atoms with Gasteiger partial charge in [0.2, 0.25) is 0 Å². The maximum absolute atomic E-state index is 12.5. The van der Waals surface area contributed by atoms with Crippen molar-refractivity contribution < 1.29 is 4.79 Å². The second kappa shape index (κ2) is 7.75. The van der Waals surface area contributed by atoms with Gasteiger partial charge < -0.3 is 10.2 Å². The summed E-state index contributed by atoms with van der Waals surface area (Å²) in [6.07, 6.45) is 1.57. The fourth-order valence-corrected chi connectivity index (χ4v) is 2.48. The summed E-state index contributed by atoms with van der Waals surface area (Å²) >= 11 is 0. The molecule has 0 bridgehead atoms. The Labute approximate surface area is 131 Å². The van der Waals surface area contributed by atoms with E-state index in [0.29, 0.717) is 5.56 Å². The van der Waals surface area contributed by atoms with Crippen molar-refractivity contribution in [2.45, 2.75) is 26.8 Å². The number of amides is 1. The van der Waals surface area contributed by atoms with E-state index in [1.54, 1.807) is 6.20 Å². The number of hydrogen-bond donors (Lipinski definition) is 2. The predicted octanol–water partition coefficient (Wildman–Crippen LogP) is 2.53. The van der Waals surface area contributed by atoms with Gasteiger partial charge in [-0.15, -0.1) is 0 Å². The zero-order chi connectivity index (χ0) is 15.9. The first-order chi connectivity index (χ1) is 10.7. The van der Waals surface area contributed by atoms with E-state index in [4.69, 9.17) is 0 Å². The smallest absolute Gasteiger partial charge is 0.255 e. The van der Waals surface area contributed by atoms with Gasteiger partial charge in [-0.3, -0.25) is 9.89 Å². The molecule has 0 aliphatic heterocycles. The molecule has 0 radical (unpaired) electrons. The Balaban J connectivity index is 2.17. The number of carbonyl (C=O) groups is 1. The molecule has 2 N–H and O–H groups in total. The number of aryl methyl sites for hydroxylation is 1. The Morgan fingerprint density at radius 1 is 1.27 bits per heavy atom. The maximum atomic E-state index is 12.5. The Morgan fingerprint density at radius 2 is 1.95 bits per heavy atom. The summed E-state index contributed by atoms with van der Waals surface area (Å²) in [7, 11) is 0. The fourth-order valence-electron chi connectivity index (χ4n) is 2.48. The standard InChI is InChI=1S/C17H24N4O/c1-4-21(5-2)12-16(14-9-7-6-8-10-14)19-17(22)15-11-18-20-13(15)3/h6-11,16H,4-5,12H2,1-3H3,(H,18,20)(H,19,22). The van der Waals surface area contributed by atoms with Crippen molar-refractivity contribution in [2.24, 2.45) is 0 Å². The van der Waals surface area contributed by atoms with Crippen LogP contribution in [0.5, 0.6) is 0 Å². The van der Waals surface area contributed by atoms with E-state index in [0.717, 1.165) is 30.9 Å². The van der Waals surface area contributed by atoms with Gasteiger partial charge in [0.25, 0.3) is 5.91 Å². The largest absolute Gasteiger partial charge is 0.344 e. The molecule has 1 amide bonds. The van der Waals surface area contributed by atoms with Crippen LogP contribution in [0, 0.1) is 6.92 Å². The number of benzene rings is 1. The molecular formula is C17H24N4O. The molecule has 1 aromatic carbocycles. The van der Waals surface area contributed by atoms with Crippen LogP contribution < -0.4 is 5.32 Å². The van der Waals surface area contributed by atoms with Crippen molar-refractivity contribution in [3.63, 3.8) is 0 Å². The molecule has 0 aliphatic rings. The van der Waals surface area contributed by atoms with Crippen LogP contribution in [-0.2, 0) is 0 Å². The third-order valence-electron chi connectivity index (χ3n) is 3.92. The van der Waals surface area contributed by atoms with E-state index in [-0.39, 0.29) is 11.9 Å². The Kier molecular flexibility index (Phi) is 5.72. The number of H-pyrrole nitrogens is 1. The average molecular weight is 300 g/mol. The van der Waals surface area contributed by atoms with Gasteiger partial charge in [-0.1, -0.05) is 44.2 Å². The molecule has 1 aromatic heterocycles. The number of hydrogen-bond acceptors (Lipinski definition) is 3. The molecule has 1 heterocycles.